The number of hydrogen-bond donors (Lipinski definition) is 2. The van der Waals surface area contributed by atoms with Crippen LogP contribution < -0.4 is 15.8 Å². The molecule has 1 heterocycles. The van der Waals surface area contributed by atoms with E-state index in [-0.39, 0.29) is 24.4 Å². The Kier molecular flexibility index (Phi) is 4.55. The molecule has 1 amide bonds. The lowest BCUT2D eigenvalue weighted by atomic mass is 9.81. The number of rotatable bonds is 2. The van der Waals surface area contributed by atoms with Crippen molar-refractivity contribution in [3.05, 3.63) is 29.8 Å². The number of ether oxygens (including phenoxy) is 1. The Morgan fingerprint density at radius 2 is 1.95 bits per heavy atom. The number of hydrogen-bond acceptors (Lipinski definition) is 3. The monoisotopic (exact) mass is 296 g/mol. The van der Waals surface area contributed by atoms with Gasteiger partial charge in [-0.05, 0) is 18.9 Å². The number of nitrogens with one attached hydrogen (secondary N) is 1. The summed E-state index contributed by atoms with van der Waals surface area (Å²) in [5.41, 5.74) is 6.61. The Hall–Kier alpha value is -1.26. The van der Waals surface area contributed by atoms with E-state index in [4.69, 9.17) is 10.5 Å². The van der Waals surface area contributed by atoms with Gasteiger partial charge in [0.25, 0.3) is 0 Å². The number of amides is 1. The molecular formula is C15H21ClN2O2. The van der Waals surface area contributed by atoms with E-state index in [1.54, 1.807) is 0 Å². The van der Waals surface area contributed by atoms with Crippen LogP contribution >= 0.6 is 12.4 Å². The average molecular weight is 297 g/mol. The summed E-state index contributed by atoms with van der Waals surface area (Å²) in [6.45, 7) is 0.501. The summed E-state index contributed by atoms with van der Waals surface area (Å²) >= 11 is 0. The Morgan fingerprint density at radius 3 is 2.70 bits per heavy atom. The van der Waals surface area contributed by atoms with E-state index in [1.165, 1.54) is 6.42 Å². The fourth-order valence-electron chi connectivity index (χ4n) is 2.99. The van der Waals surface area contributed by atoms with Crippen molar-refractivity contribution in [3.8, 4) is 5.75 Å². The van der Waals surface area contributed by atoms with Crippen LogP contribution in [0.25, 0.3) is 0 Å². The van der Waals surface area contributed by atoms with Crippen LogP contribution in [0, 0.1) is 0 Å². The SMILES string of the molecule is Cl.NC1(C(=O)NC2COc3ccccc32)CCCCC1. The van der Waals surface area contributed by atoms with E-state index in [0.717, 1.165) is 37.0 Å². The molecule has 1 saturated carbocycles. The molecular weight excluding hydrogens is 276 g/mol. The largest absolute Gasteiger partial charge is 0.491 e. The highest BCUT2D eigenvalue weighted by Gasteiger charge is 2.37. The van der Waals surface area contributed by atoms with Gasteiger partial charge in [0.1, 0.15) is 12.4 Å². The van der Waals surface area contributed by atoms with E-state index in [2.05, 4.69) is 5.32 Å². The van der Waals surface area contributed by atoms with E-state index in [9.17, 15) is 4.79 Å². The number of benzene rings is 1. The molecule has 3 rings (SSSR count). The first-order chi connectivity index (χ1) is 9.19. The zero-order valence-electron chi connectivity index (χ0n) is 11.4. The van der Waals surface area contributed by atoms with Crippen molar-refractivity contribution in [3.63, 3.8) is 0 Å². The first-order valence-electron chi connectivity index (χ1n) is 7.01. The maximum Gasteiger partial charge on any atom is 0.240 e. The van der Waals surface area contributed by atoms with Crippen LogP contribution in [0.15, 0.2) is 24.3 Å². The molecule has 4 nitrogen and oxygen atoms in total. The maximum absolute atomic E-state index is 12.4. The molecule has 1 aliphatic carbocycles. The summed E-state index contributed by atoms with van der Waals surface area (Å²) in [7, 11) is 0. The normalized spacial score (nSPS) is 23.1. The smallest absolute Gasteiger partial charge is 0.240 e. The standard InChI is InChI=1S/C15H20N2O2.ClH/c16-15(8-4-1-5-9-15)14(18)17-12-10-19-13-7-3-2-6-11(12)13;/h2-3,6-7,12H,1,4-5,8-10,16H2,(H,17,18);1H. The molecule has 3 N–H and O–H groups in total. The quantitative estimate of drug-likeness (QED) is 0.880. The second kappa shape index (κ2) is 6.02. The second-order valence-corrected chi connectivity index (χ2v) is 5.59. The van der Waals surface area contributed by atoms with Crippen molar-refractivity contribution in [2.75, 3.05) is 6.61 Å². The highest BCUT2D eigenvalue weighted by Crippen LogP contribution is 2.33. The maximum atomic E-state index is 12.4. The summed E-state index contributed by atoms with van der Waals surface area (Å²) in [6.07, 6.45) is 4.84. The van der Waals surface area contributed by atoms with Gasteiger partial charge in [0.05, 0.1) is 11.6 Å². The fraction of sp³-hybridized carbons (Fsp3) is 0.533. The predicted molar refractivity (Wildman–Crippen MR) is 80.1 cm³/mol. The van der Waals surface area contributed by atoms with Gasteiger partial charge >= 0.3 is 0 Å². The van der Waals surface area contributed by atoms with Gasteiger partial charge in [-0.25, -0.2) is 0 Å². The lowest BCUT2D eigenvalue weighted by Gasteiger charge is -2.32. The van der Waals surface area contributed by atoms with Crippen molar-refractivity contribution < 1.29 is 9.53 Å². The lowest BCUT2D eigenvalue weighted by molar-refractivity contribution is -0.128. The molecule has 20 heavy (non-hydrogen) atoms. The third kappa shape index (κ3) is 2.76. The zero-order chi connectivity index (χ0) is 13.3. The third-order valence-electron chi connectivity index (χ3n) is 4.20. The molecule has 2 aliphatic rings. The van der Waals surface area contributed by atoms with Gasteiger partial charge in [0.2, 0.25) is 5.91 Å². The zero-order valence-corrected chi connectivity index (χ0v) is 12.2. The van der Waals surface area contributed by atoms with Gasteiger partial charge in [-0.15, -0.1) is 12.4 Å². The van der Waals surface area contributed by atoms with Crippen molar-refractivity contribution in [2.24, 2.45) is 5.73 Å². The minimum absolute atomic E-state index is 0. The minimum atomic E-state index is -0.685. The number of para-hydroxylation sites is 1. The molecule has 0 radical (unpaired) electrons. The number of carbonyl (C=O) groups is 1. The van der Waals surface area contributed by atoms with Crippen molar-refractivity contribution in [1.82, 2.24) is 5.32 Å². The van der Waals surface area contributed by atoms with Crippen LogP contribution in [0.5, 0.6) is 5.75 Å². The summed E-state index contributed by atoms with van der Waals surface area (Å²) in [4.78, 5) is 12.4. The summed E-state index contributed by atoms with van der Waals surface area (Å²) in [6, 6.07) is 7.77. The summed E-state index contributed by atoms with van der Waals surface area (Å²) in [5.74, 6) is 0.833. The summed E-state index contributed by atoms with van der Waals surface area (Å²) < 4.78 is 5.58. The topological polar surface area (TPSA) is 64.4 Å². The van der Waals surface area contributed by atoms with Gasteiger partial charge in [-0.3, -0.25) is 4.79 Å². The van der Waals surface area contributed by atoms with E-state index < -0.39 is 5.54 Å². The molecule has 0 saturated heterocycles. The van der Waals surface area contributed by atoms with E-state index in [1.807, 2.05) is 24.3 Å². The second-order valence-electron chi connectivity index (χ2n) is 5.59. The molecule has 1 unspecified atom stereocenters. The van der Waals surface area contributed by atoms with Crippen LogP contribution in [-0.4, -0.2) is 18.1 Å². The first kappa shape index (κ1) is 15.1. The van der Waals surface area contributed by atoms with Crippen LogP contribution in [0.4, 0.5) is 0 Å². The summed E-state index contributed by atoms with van der Waals surface area (Å²) in [5, 5.41) is 3.06. The molecule has 110 valence electrons. The number of nitrogens with two attached hydrogens (primary N) is 1. The lowest BCUT2D eigenvalue weighted by Crippen LogP contribution is -2.55. The molecule has 1 aromatic carbocycles. The van der Waals surface area contributed by atoms with Gasteiger partial charge in [-0.1, -0.05) is 37.5 Å². The van der Waals surface area contributed by atoms with Crippen molar-refractivity contribution in [1.29, 1.82) is 0 Å². The Bertz CT molecular complexity index is 487. The van der Waals surface area contributed by atoms with Crippen LogP contribution in [-0.2, 0) is 4.79 Å². The fourth-order valence-corrected chi connectivity index (χ4v) is 2.99. The average Bonchev–Trinajstić information content (AvgIpc) is 2.83. The van der Waals surface area contributed by atoms with E-state index >= 15 is 0 Å². The minimum Gasteiger partial charge on any atom is -0.491 e. The molecule has 0 spiro atoms. The Morgan fingerprint density at radius 1 is 1.25 bits per heavy atom. The molecule has 0 aromatic heterocycles. The molecule has 1 aromatic rings. The van der Waals surface area contributed by atoms with Crippen molar-refractivity contribution >= 4 is 18.3 Å². The molecule has 1 fully saturated rings. The van der Waals surface area contributed by atoms with Crippen molar-refractivity contribution in [2.45, 2.75) is 43.7 Å². The van der Waals surface area contributed by atoms with Crippen LogP contribution in [0.2, 0.25) is 0 Å². The number of carbonyl (C=O) groups excluding carboxylic acids is 1. The molecule has 0 bridgehead atoms. The Balaban J connectivity index is 0.00000147. The number of fused-ring (bicyclic) bond motifs is 1. The van der Waals surface area contributed by atoms with Gasteiger partial charge < -0.3 is 15.8 Å². The van der Waals surface area contributed by atoms with Crippen LogP contribution in [0.1, 0.15) is 43.7 Å². The van der Waals surface area contributed by atoms with Gasteiger partial charge in [-0.2, -0.15) is 0 Å². The predicted octanol–water partition coefficient (Wildman–Crippen LogP) is 2.32. The highest BCUT2D eigenvalue weighted by atomic mass is 35.5. The molecule has 5 heteroatoms. The van der Waals surface area contributed by atoms with Gasteiger partial charge in [0, 0.05) is 5.56 Å². The van der Waals surface area contributed by atoms with Gasteiger partial charge in [0.15, 0.2) is 0 Å². The van der Waals surface area contributed by atoms with E-state index in [0.29, 0.717) is 6.61 Å². The molecule has 1 aliphatic heterocycles. The van der Waals surface area contributed by atoms with Crippen LogP contribution in [0.3, 0.4) is 0 Å². The number of halogens is 1. The highest BCUT2D eigenvalue weighted by molar-refractivity contribution is 5.86. The first-order valence-corrected chi connectivity index (χ1v) is 7.01. The Labute approximate surface area is 125 Å². The molecule has 1 atom stereocenters. The third-order valence-corrected chi connectivity index (χ3v) is 4.20.